The van der Waals surface area contributed by atoms with Crippen LogP contribution in [0.1, 0.15) is 53.9 Å². The van der Waals surface area contributed by atoms with Crippen LogP contribution in [0.3, 0.4) is 0 Å². The first-order valence-electron chi connectivity index (χ1n) is 6.14. The molecule has 0 bridgehead atoms. The molecule has 1 heterocycles. The van der Waals surface area contributed by atoms with Crippen molar-refractivity contribution in [3.05, 3.63) is 12.7 Å². The van der Waals surface area contributed by atoms with Gasteiger partial charge in [-0.05, 0) is 53.9 Å². The van der Waals surface area contributed by atoms with Crippen molar-refractivity contribution in [1.82, 2.24) is 0 Å². The molecule has 0 aliphatic carbocycles. The van der Waals surface area contributed by atoms with Crippen molar-refractivity contribution in [3.8, 4) is 0 Å². The van der Waals surface area contributed by atoms with E-state index >= 15 is 0 Å². The molecule has 94 valence electrons. The number of rotatable bonds is 4. The maximum atomic E-state index is 10.6. The van der Waals surface area contributed by atoms with Crippen LogP contribution >= 0.6 is 0 Å². The predicted molar refractivity (Wildman–Crippen MR) is 67.4 cm³/mol. The van der Waals surface area contributed by atoms with Gasteiger partial charge in [0.05, 0.1) is 16.8 Å². The van der Waals surface area contributed by atoms with E-state index in [1.165, 1.54) is 0 Å². The highest BCUT2D eigenvalue weighted by molar-refractivity contribution is 5.02. The lowest BCUT2D eigenvalue weighted by Gasteiger charge is -2.37. The van der Waals surface area contributed by atoms with Gasteiger partial charge in [0.25, 0.3) is 0 Å². The fourth-order valence-electron chi connectivity index (χ4n) is 3.10. The fourth-order valence-corrected chi connectivity index (χ4v) is 3.10. The van der Waals surface area contributed by atoms with Gasteiger partial charge in [-0.3, -0.25) is 0 Å². The van der Waals surface area contributed by atoms with Crippen molar-refractivity contribution < 1.29 is 9.84 Å². The molecule has 1 saturated heterocycles. The molecule has 0 saturated carbocycles. The molecule has 1 rings (SSSR count). The Morgan fingerprint density at radius 3 is 2.38 bits per heavy atom. The zero-order valence-corrected chi connectivity index (χ0v) is 11.3. The molecule has 16 heavy (non-hydrogen) atoms. The first-order chi connectivity index (χ1) is 7.11. The third-order valence-electron chi connectivity index (χ3n) is 3.68. The molecule has 2 heteroatoms. The quantitative estimate of drug-likeness (QED) is 0.745. The summed E-state index contributed by atoms with van der Waals surface area (Å²) in [7, 11) is 0. The van der Waals surface area contributed by atoms with Crippen LogP contribution in [-0.2, 0) is 4.74 Å². The van der Waals surface area contributed by atoms with Crippen LogP contribution in [-0.4, -0.2) is 21.9 Å². The van der Waals surface area contributed by atoms with Crippen molar-refractivity contribution in [3.63, 3.8) is 0 Å². The van der Waals surface area contributed by atoms with Crippen LogP contribution in [0.4, 0.5) is 0 Å². The van der Waals surface area contributed by atoms with Gasteiger partial charge < -0.3 is 9.84 Å². The molecule has 0 aromatic rings. The fraction of sp³-hybridized carbons (Fsp3) is 0.857. The first kappa shape index (κ1) is 13.7. The molecule has 2 atom stereocenters. The average molecular weight is 226 g/mol. The van der Waals surface area contributed by atoms with E-state index in [9.17, 15) is 5.11 Å². The van der Waals surface area contributed by atoms with Gasteiger partial charge in [-0.25, -0.2) is 0 Å². The summed E-state index contributed by atoms with van der Waals surface area (Å²) in [5, 5.41) is 10.6. The van der Waals surface area contributed by atoms with Crippen LogP contribution in [0.5, 0.6) is 0 Å². The van der Waals surface area contributed by atoms with E-state index in [1.54, 1.807) is 0 Å². The summed E-state index contributed by atoms with van der Waals surface area (Å²) in [5.41, 5.74) is -1.06. The molecule has 1 N–H and O–H groups in total. The van der Waals surface area contributed by atoms with Crippen LogP contribution in [0, 0.1) is 5.92 Å². The van der Waals surface area contributed by atoms with E-state index in [1.807, 2.05) is 13.0 Å². The Kier molecular flexibility index (Phi) is 3.56. The Labute approximate surface area is 99.7 Å². The molecule has 0 amide bonds. The van der Waals surface area contributed by atoms with Gasteiger partial charge in [0.1, 0.15) is 0 Å². The highest BCUT2D eigenvalue weighted by Gasteiger charge is 2.52. The maximum Gasteiger partial charge on any atom is 0.0690 e. The normalized spacial score (nSPS) is 31.0. The van der Waals surface area contributed by atoms with E-state index in [0.29, 0.717) is 0 Å². The van der Waals surface area contributed by atoms with Crippen LogP contribution in [0.15, 0.2) is 12.7 Å². The summed E-state index contributed by atoms with van der Waals surface area (Å²) in [6.07, 6.45) is 4.37. The summed E-state index contributed by atoms with van der Waals surface area (Å²) in [4.78, 5) is 0. The molecule has 1 aliphatic heterocycles. The van der Waals surface area contributed by atoms with Gasteiger partial charge >= 0.3 is 0 Å². The van der Waals surface area contributed by atoms with Gasteiger partial charge in [0.2, 0.25) is 0 Å². The summed E-state index contributed by atoms with van der Waals surface area (Å²) in [5.74, 6) is 0.176. The topological polar surface area (TPSA) is 29.5 Å². The second-order valence-electron chi connectivity index (χ2n) is 6.41. The van der Waals surface area contributed by atoms with E-state index < -0.39 is 5.60 Å². The third kappa shape index (κ3) is 2.86. The van der Waals surface area contributed by atoms with E-state index in [4.69, 9.17) is 4.74 Å². The van der Waals surface area contributed by atoms with Crippen molar-refractivity contribution in [1.29, 1.82) is 0 Å². The zero-order chi connectivity index (χ0) is 12.6. The number of allylic oxidation sites excluding steroid dienone is 1. The summed E-state index contributed by atoms with van der Waals surface area (Å²) in [6, 6.07) is 0. The molecule has 1 aliphatic rings. The number of hydrogen-bond acceptors (Lipinski definition) is 2. The Hall–Kier alpha value is -0.340. The monoisotopic (exact) mass is 226 g/mol. The number of aliphatic hydroxyl groups is 1. The SMILES string of the molecule is C=CCCC(C)(O)C1CC(C)(C)OC1(C)C. The molecule has 0 radical (unpaired) electrons. The summed E-state index contributed by atoms with van der Waals surface area (Å²) >= 11 is 0. The van der Waals surface area contributed by atoms with E-state index in [2.05, 4.69) is 34.3 Å². The van der Waals surface area contributed by atoms with Crippen LogP contribution in [0.25, 0.3) is 0 Å². The zero-order valence-electron chi connectivity index (χ0n) is 11.3. The lowest BCUT2D eigenvalue weighted by molar-refractivity contribution is -0.110. The minimum atomic E-state index is -0.675. The minimum Gasteiger partial charge on any atom is -0.390 e. The van der Waals surface area contributed by atoms with Crippen molar-refractivity contribution >= 4 is 0 Å². The number of ether oxygens (including phenoxy) is 1. The van der Waals surface area contributed by atoms with Crippen LogP contribution < -0.4 is 0 Å². The minimum absolute atomic E-state index is 0.133. The smallest absolute Gasteiger partial charge is 0.0690 e. The van der Waals surface area contributed by atoms with E-state index in [0.717, 1.165) is 19.3 Å². The van der Waals surface area contributed by atoms with Gasteiger partial charge in [-0.2, -0.15) is 0 Å². The molecule has 1 fully saturated rings. The second kappa shape index (κ2) is 4.15. The van der Waals surface area contributed by atoms with Gasteiger partial charge in [-0.1, -0.05) is 6.08 Å². The molecule has 0 spiro atoms. The Balaban J connectivity index is 2.83. The number of hydrogen-bond donors (Lipinski definition) is 1. The largest absolute Gasteiger partial charge is 0.390 e. The molecule has 0 aromatic carbocycles. The summed E-state index contributed by atoms with van der Waals surface area (Å²) in [6.45, 7) is 14.0. The molecular formula is C14H26O2. The second-order valence-corrected chi connectivity index (χ2v) is 6.41. The predicted octanol–water partition coefficient (Wildman–Crippen LogP) is 3.30. The van der Waals surface area contributed by atoms with Crippen molar-refractivity contribution in [2.24, 2.45) is 5.92 Å². The third-order valence-corrected chi connectivity index (χ3v) is 3.68. The van der Waals surface area contributed by atoms with Gasteiger partial charge in [0, 0.05) is 5.92 Å². The highest BCUT2D eigenvalue weighted by Crippen LogP contribution is 2.48. The molecule has 0 aromatic heterocycles. The van der Waals surface area contributed by atoms with Crippen LogP contribution in [0.2, 0.25) is 0 Å². The van der Waals surface area contributed by atoms with E-state index in [-0.39, 0.29) is 17.1 Å². The first-order valence-corrected chi connectivity index (χ1v) is 6.14. The maximum absolute atomic E-state index is 10.6. The Bertz CT molecular complexity index is 264. The Morgan fingerprint density at radius 2 is 2.00 bits per heavy atom. The average Bonchev–Trinajstić information content (AvgIpc) is 2.31. The molecule has 2 nitrogen and oxygen atoms in total. The molecule has 2 unspecified atom stereocenters. The van der Waals surface area contributed by atoms with Gasteiger partial charge in [-0.15, -0.1) is 6.58 Å². The highest BCUT2D eigenvalue weighted by atomic mass is 16.5. The van der Waals surface area contributed by atoms with Crippen molar-refractivity contribution in [2.75, 3.05) is 0 Å². The molecular weight excluding hydrogens is 200 g/mol. The van der Waals surface area contributed by atoms with Gasteiger partial charge in [0.15, 0.2) is 0 Å². The summed E-state index contributed by atoms with van der Waals surface area (Å²) < 4.78 is 6.03. The standard InChI is InChI=1S/C14H26O2/c1-7-8-9-14(6,15)11-10-12(2,3)16-13(11,4)5/h7,11,15H,1,8-10H2,2-6H3. The lowest BCUT2D eigenvalue weighted by atomic mass is 9.73. The van der Waals surface area contributed by atoms with Crippen molar-refractivity contribution in [2.45, 2.75) is 70.7 Å². The lowest BCUT2D eigenvalue weighted by Crippen LogP contribution is -2.44. The Morgan fingerprint density at radius 1 is 1.44 bits per heavy atom.